The summed E-state index contributed by atoms with van der Waals surface area (Å²) in [4.78, 5) is 0. The van der Waals surface area contributed by atoms with Crippen LogP contribution < -0.4 is 0 Å². The van der Waals surface area contributed by atoms with E-state index in [1.54, 1.807) is 0 Å². The summed E-state index contributed by atoms with van der Waals surface area (Å²) < 4.78 is 7.59. The Bertz CT molecular complexity index is 552. The van der Waals surface area contributed by atoms with Crippen molar-refractivity contribution >= 4 is 11.6 Å². The van der Waals surface area contributed by atoms with Crippen LogP contribution in [0.3, 0.4) is 0 Å². The second kappa shape index (κ2) is 6.37. The molecule has 1 aromatic heterocycles. The molecule has 20 heavy (non-hydrogen) atoms. The third kappa shape index (κ3) is 3.38. The molecule has 0 saturated heterocycles. The Morgan fingerprint density at radius 3 is 2.75 bits per heavy atom. The van der Waals surface area contributed by atoms with E-state index in [0.29, 0.717) is 5.28 Å². The SMILES string of the molecule is Clc1nnc(-c2ccccc2)n1CCCOCC1CC1. The van der Waals surface area contributed by atoms with Gasteiger partial charge in [0.05, 0.1) is 0 Å². The van der Waals surface area contributed by atoms with E-state index in [-0.39, 0.29) is 0 Å². The van der Waals surface area contributed by atoms with Crippen LogP contribution in [0.5, 0.6) is 0 Å². The van der Waals surface area contributed by atoms with Crippen molar-refractivity contribution in [2.24, 2.45) is 5.92 Å². The maximum Gasteiger partial charge on any atom is 0.225 e. The quantitative estimate of drug-likeness (QED) is 0.734. The summed E-state index contributed by atoms with van der Waals surface area (Å²) in [6.45, 7) is 2.45. The van der Waals surface area contributed by atoms with Crippen LogP contribution >= 0.6 is 11.6 Å². The zero-order valence-corrected chi connectivity index (χ0v) is 12.1. The van der Waals surface area contributed by atoms with Crippen molar-refractivity contribution in [3.8, 4) is 11.4 Å². The molecule has 1 saturated carbocycles. The van der Waals surface area contributed by atoms with Crippen LogP contribution in [0, 0.1) is 5.92 Å². The Hall–Kier alpha value is -1.39. The largest absolute Gasteiger partial charge is 0.381 e. The highest BCUT2D eigenvalue weighted by atomic mass is 35.5. The van der Waals surface area contributed by atoms with Crippen molar-refractivity contribution in [1.29, 1.82) is 0 Å². The van der Waals surface area contributed by atoms with Crippen LogP contribution in [-0.4, -0.2) is 28.0 Å². The number of ether oxygens (including phenoxy) is 1. The van der Waals surface area contributed by atoms with E-state index in [9.17, 15) is 0 Å². The second-order valence-electron chi connectivity index (χ2n) is 5.18. The van der Waals surface area contributed by atoms with Gasteiger partial charge < -0.3 is 4.74 Å². The molecular formula is C15H18ClN3O. The highest BCUT2D eigenvalue weighted by molar-refractivity contribution is 6.28. The zero-order chi connectivity index (χ0) is 13.8. The van der Waals surface area contributed by atoms with Crippen molar-refractivity contribution in [2.45, 2.75) is 25.8 Å². The normalized spacial score (nSPS) is 14.7. The summed E-state index contributed by atoms with van der Waals surface area (Å²) in [5.74, 6) is 1.63. The van der Waals surface area contributed by atoms with Crippen LogP contribution in [-0.2, 0) is 11.3 Å². The highest BCUT2D eigenvalue weighted by Gasteiger charge is 2.21. The first-order valence-electron chi connectivity index (χ1n) is 7.06. The average Bonchev–Trinajstić information content (AvgIpc) is 3.23. The number of aromatic nitrogens is 3. The van der Waals surface area contributed by atoms with E-state index in [1.807, 2.05) is 34.9 Å². The minimum atomic E-state index is 0.436. The van der Waals surface area contributed by atoms with Gasteiger partial charge >= 0.3 is 0 Å². The highest BCUT2D eigenvalue weighted by Crippen LogP contribution is 2.28. The van der Waals surface area contributed by atoms with Gasteiger partial charge in [0.2, 0.25) is 5.28 Å². The number of hydrogen-bond donors (Lipinski definition) is 0. The third-order valence-corrected chi connectivity index (χ3v) is 3.74. The molecule has 0 amide bonds. The molecule has 0 aliphatic heterocycles. The van der Waals surface area contributed by atoms with E-state index in [0.717, 1.165) is 43.5 Å². The van der Waals surface area contributed by atoms with E-state index in [4.69, 9.17) is 16.3 Å². The molecule has 1 fully saturated rings. The zero-order valence-electron chi connectivity index (χ0n) is 11.3. The van der Waals surface area contributed by atoms with Gasteiger partial charge in [-0.05, 0) is 36.8 Å². The van der Waals surface area contributed by atoms with Crippen LogP contribution in [0.15, 0.2) is 30.3 Å². The molecule has 0 radical (unpaired) electrons. The van der Waals surface area contributed by atoms with E-state index in [2.05, 4.69) is 10.2 Å². The van der Waals surface area contributed by atoms with Crippen molar-refractivity contribution < 1.29 is 4.74 Å². The van der Waals surface area contributed by atoms with Crippen LogP contribution in [0.2, 0.25) is 5.28 Å². The monoisotopic (exact) mass is 291 g/mol. The topological polar surface area (TPSA) is 39.9 Å². The Morgan fingerprint density at radius 2 is 2.00 bits per heavy atom. The minimum absolute atomic E-state index is 0.436. The Kier molecular flexibility index (Phi) is 4.33. The van der Waals surface area contributed by atoms with Gasteiger partial charge in [0.15, 0.2) is 5.82 Å². The standard InChI is InChI=1S/C15H18ClN3O/c16-15-18-17-14(13-5-2-1-3-6-13)19(15)9-4-10-20-11-12-7-8-12/h1-3,5-6,12H,4,7-11H2. The molecule has 5 heteroatoms. The van der Waals surface area contributed by atoms with Crippen molar-refractivity contribution in [2.75, 3.05) is 13.2 Å². The first kappa shape index (κ1) is 13.6. The Labute approximate surface area is 123 Å². The van der Waals surface area contributed by atoms with Gasteiger partial charge in [0, 0.05) is 25.3 Å². The lowest BCUT2D eigenvalue weighted by molar-refractivity contribution is 0.119. The van der Waals surface area contributed by atoms with Crippen LogP contribution in [0.1, 0.15) is 19.3 Å². The Balaban J connectivity index is 1.59. The molecule has 1 aromatic carbocycles. The summed E-state index contributed by atoms with van der Waals surface area (Å²) in [6.07, 6.45) is 3.58. The third-order valence-electron chi connectivity index (χ3n) is 3.46. The maximum atomic E-state index is 6.12. The molecule has 0 N–H and O–H groups in total. The molecular weight excluding hydrogens is 274 g/mol. The van der Waals surface area contributed by atoms with Crippen molar-refractivity contribution in [1.82, 2.24) is 14.8 Å². The first-order valence-corrected chi connectivity index (χ1v) is 7.44. The number of benzene rings is 1. The average molecular weight is 292 g/mol. The summed E-state index contributed by atoms with van der Waals surface area (Å²) in [5, 5.41) is 8.57. The van der Waals surface area contributed by atoms with Crippen molar-refractivity contribution in [3.63, 3.8) is 0 Å². The van der Waals surface area contributed by atoms with Gasteiger partial charge in [0.1, 0.15) is 0 Å². The molecule has 0 spiro atoms. The molecule has 1 aliphatic rings. The predicted molar refractivity (Wildman–Crippen MR) is 78.6 cm³/mol. The van der Waals surface area contributed by atoms with Crippen molar-refractivity contribution in [3.05, 3.63) is 35.6 Å². The molecule has 1 aliphatic carbocycles. The number of halogens is 1. The van der Waals surface area contributed by atoms with E-state index in [1.165, 1.54) is 12.8 Å². The molecule has 0 atom stereocenters. The van der Waals surface area contributed by atoms with Crippen LogP contribution in [0.4, 0.5) is 0 Å². The fraction of sp³-hybridized carbons (Fsp3) is 0.467. The lowest BCUT2D eigenvalue weighted by Gasteiger charge is -2.08. The molecule has 0 unspecified atom stereocenters. The molecule has 2 aromatic rings. The number of hydrogen-bond acceptors (Lipinski definition) is 3. The molecule has 4 nitrogen and oxygen atoms in total. The Morgan fingerprint density at radius 1 is 1.20 bits per heavy atom. The number of rotatable bonds is 7. The molecule has 106 valence electrons. The van der Waals surface area contributed by atoms with Gasteiger partial charge in [-0.15, -0.1) is 10.2 Å². The van der Waals surface area contributed by atoms with Gasteiger partial charge in [0.25, 0.3) is 0 Å². The predicted octanol–water partition coefficient (Wildman–Crippen LogP) is 3.42. The van der Waals surface area contributed by atoms with Crippen LogP contribution in [0.25, 0.3) is 11.4 Å². The lowest BCUT2D eigenvalue weighted by atomic mass is 10.2. The van der Waals surface area contributed by atoms with E-state index >= 15 is 0 Å². The summed E-state index contributed by atoms with van der Waals surface area (Å²) in [6, 6.07) is 9.99. The lowest BCUT2D eigenvalue weighted by Crippen LogP contribution is -2.06. The second-order valence-corrected chi connectivity index (χ2v) is 5.52. The fourth-order valence-electron chi connectivity index (χ4n) is 2.14. The van der Waals surface area contributed by atoms with Gasteiger partial charge in [-0.2, -0.15) is 0 Å². The van der Waals surface area contributed by atoms with E-state index < -0.39 is 0 Å². The minimum Gasteiger partial charge on any atom is -0.381 e. The van der Waals surface area contributed by atoms with Gasteiger partial charge in [-0.1, -0.05) is 30.3 Å². The van der Waals surface area contributed by atoms with Gasteiger partial charge in [-0.3, -0.25) is 4.57 Å². The number of nitrogens with zero attached hydrogens (tertiary/aromatic N) is 3. The maximum absolute atomic E-state index is 6.12. The summed E-state index contributed by atoms with van der Waals surface area (Å²) >= 11 is 6.12. The van der Waals surface area contributed by atoms with Gasteiger partial charge in [-0.25, -0.2) is 0 Å². The molecule has 1 heterocycles. The summed E-state index contributed by atoms with van der Waals surface area (Å²) in [5.41, 5.74) is 1.03. The molecule has 3 rings (SSSR count). The first-order chi connectivity index (χ1) is 9.84. The summed E-state index contributed by atoms with van der Waals surface area (Å²) in [7, 11) is 0. The molecule has 0 bridgehead atoms. The fourth-order valence-corrected chi connectivity index (χ4v) is 2.34. The smallest absolute Gasteiger partial charge is 0.225 e.